The zero-order chi connectivity index (χ0) is 24.2. The number of benzene rings is 3. The summed E-state index contributed by atoms with van der Waals surface area (Å²) in [6, 6.07) is 18.6. The van der Waals surface area contributed by atoms with Crippen LogP contribution in [-0.2, 0) is 6.42 Å². The number of hydrogen-bond donors (Lipinski definition) is 3. The first-order valence-electron chi connectivity index (χ1n) is 10.9. The quantitative estimate of drug-likeness (QED) is 0.371. The first-order valence-corrected chi connectivity index (χ1v) is 10.9. The van der Waals surface area contributed by atoms with Crippen molar-refractivity contribution in [1.82, 2.24) is 10.3 Å². The predicted octanol–water partition coefficient (Wildman–Crippen LogP) is 4.78. The molecule has 3 aromatic carbocycles. The van der Waals surface area contributed by atoms with Crippen LogP contribution in [0.2, 0.25) is 0 Å². The van der Waals surface area contributed by atoms with Crippen molar-refractivity contribution in [2.75, 3.05) is 0 Å². The fourth-order valence-electron chi connectivity index (χ4n) is 3.85. The summed E-state index contributed by atoms with van der Waals surface area (Å²) in [6.45, 7) is 1.85. The smallest absolute Gasteiger partial charge is 0.341 e. The minimum Gasteiger partial charge on any atom is -0.477 e. The van der Waals surface area contributed by atoms with E-state index >= 15 is 0 Å². The van der Waals surface area contributed by atoms with E-state index in [2.05, 4.69) is 10.3 Å². The van der Waals surface area contributed by atoms with Gasteiger partial charge >= 0.3 is 5.97 Å². The molecule has 172 valence electrons. The standard InChI is InChI=1S/C27H23FN2O4/c1-16(7-8-17-9-12-24-21(13-17)25(31)22(15-29-24)27(33)34)30-26(32)19-10-11-20(23(28)14-19)18-5-3-2-4-6-18/h2-6,9-16H,7-8H2,1H3,(H,29,31)(H,30,32)(H,33,34)/t16-/m0/s1. The summed E-state index contributed by atoms with van der Waals surface area (Å²) in [6.07, 6.45) is 2.34. The van der Waals surface area contributed by atoms with Crippen molar-refractivity contribution >= 4 is 22.8 Å². The van der Waals surface area contributed by atoms with Crippen LogP contribution in [0.3, 0.4) is 0 Å². The summed E-state index contributed by atoms with van der Waals surface area (Å²) in [4.78, 5) is 39.1. The summed E-state index contributed by atoms with van der Waals surface area (Å²) in [7, 11) is 0. The molecule has 3 N–H and O–H groups in total. The molecule has 6 nitrogen and oxygen atoms in total. The Morgan fingerprint density at radius 2 is 1.82 bits per heavy atom. The van der Waals surface area contributed by atoms with Crippen molar-refractivity contribution in [1.29, 1.82) is 0 Å². The number of H-pyrrole nitrogens is 1. The van der Waals surface area contributed by atoms with Gasteiger partial charge in [-0.2, -0.15) is 0 Å². The molecule has 0 aliphatic heterocycles. The highest BCUT2D eigenvalue weighted by atomic mass is 19.1. The van der Waals surface area contributed by atoms with Crippen LogP contribution in [0.4, 0.5) is 4.39 Å². The van der Waals surface area contributed by atoms with Crippen molar-refractivity contribution in [3.05, 3.63) is 106 Å². The van der Waals surface area contributed by atoms with Crippen LogP contribution in [0.25, 0.3) is 22.0 Å². The second-order valence-corrected chi connectivity index (χ2v) is 8.19. The second-order valence-electron chi connectivity index (χ2n) is 8.19. The lowest BCUT2D eigenvalue weighted by atomic mass is 10.0. The molecule has 1 atom stereocenters. The number of carbonyl (C=O) groups excluding carboxylic acids is 1. The number of halogens is 1. The Morgan fingerprint density at radius 1 is 1.06 bits per heavy atom. The topological polar surface area (TPSA) is 99.3 Å². The van der Waals surface area contributed by atoms with E-state index in [1.165, 1.54) is 12.3 Å². The lowest BCUT2D eigenvalue weighted by Gasteiger charge is -2.15. The van der Waals surface area contributed by atoms with E-state index in [0.29, 0.717) is 29.3 Å². The summed E-state index contributed by atoms with van der Waals surface area (Å²) >= 11 is 0. The number of amides is 1. The number of aromatic carboxylic acids is 1. The zero-order valence-corrected chi connectivity index (χ0v) is 18.5. The van der Waals surface area contributed by atoms with Gasteiger partial charge in [-0.15, -0.1) is 0 Å². The van der Waals surface area contributed by atoms with E-state index < -0.39 is 17.2 Å². The molecule has 0 aliphatic carbocycles. The normalized spacial score (nSPS) is 11.8. The highest BCUT2D eigenvalue weighted by molar-refractivity contribution is 5.95. The molecule has 0 radical (unpaired) electrons. The molecule has 0 spiro atoms. The highest BCUT2D eigenvalue weighted by Crippen LogP contribution is 2.23. The van der Waals surface area contributed by atoms with Crippen molar-refractivity contribution in [2.45, 2.75) is 25.8 Å². The van der Waals surface area contributed by atoms with Gasteiger partial charge in [-0.25, -0.2) is 9.18 Å². The van der Waals surface area contributed by atoms with Crippen LogP contribution in [0.5, 0.6) is 0 Å². The molecule has 0 saturated heterocycles. The third-order valence-corrected chi connectivity index (χ3v) is 5.74. The van der Waals surface area contributed by atoms with E-state index in [1.54, 1.807) is 24.3 Å². The van der Waals surface area contributed by atoms with Crippen molar-refractivity contribution < 1.29 is 19.1 Å². The van der Waals surface area contributed by atoms with Crippen molar-refractivity contribution in [3.8, 4) is 11.1 Å². The summed E-state index contributed by atoms with van der Waals surface area (Å²) in [5.41, 5.74) is 1.97. The SMILES string of the molecule is C[C@@H](CCc1ccc2[nH]cc(C(=O)O)c(=O)c2c1)NC(=O)c1ccc(-c2ccccc2)c(F)c1. The van der Waals surface area contributed by atoms with E-state index in [-0.39, 0.29) is 23.1 Å². The van der Waals surface area contributed by atoms with Gasteiger partial charge in [-0.05, 0) is 55.2 Å². The zero-order valence-electron chi connectivity index (χ0n) is 18.5. The minimum absolute atomic E-state index is 0.205. The van der Waals surface area contributed by atoms with Crippen molar-refractivity contribution in [2.24, 2.45) is 0 Å². The number of rotatable bonds is 7. The van der Waals surface area contributed by atoms with Gasteiger partial charge in [0.25, 0.3) is 5.91 Å². The number of carbonyl (C=O) groups is 2. The van der Waals surface area contributed by atoms with Crippen LogP contribution in [0.1, 0.15) is 39.6 Å². The van der Waals surface area contributed by atoms with E-state index in [4.69, 9.17) is 5.11 Å². The van der Waals surface area contributed by atoms with E-state index in [9.17, 15) is 18.8 Å². The molecule has 1 aromatic heterocycles. The summed E-state index contributed by atoms with van der Waals surface area (Å²) in [5.74, 6) is -2.11. The monoisotopic (exact) mass is 458 g/mol. The Hall–Kier alpha value is -4.26. The van der Waals surface area contributed by atoms with Gasteiger partial charge in [0, 0.05) is 34.3 Å². The molecule has 1 amide bonds. The van der Waals surface area contributed by atoms with Crippen LogP contribution in [0, 0.1) is 5.82 Å². The fourth-order valence-corrected chi connectivity index (χ4v) is 3.85. The number of fused-ring (bicyclic) bond motifs is 1. The molecular weight excluding hydrogens is 435 g/mol. The Bertz CT molecular complexity index is 1430. The number of carboxylic acid groups (broad SMARTS) is 1. The molecule has 0 aliphatic rings. The maximum absolute atomic E-state index is 14.6. The van der Waals surface area contributed by atoms with Gasteiger partial charge in [0.1, 0.15) is 11.4 Å². The molecule has 4 aromatic rings. The second kappa shape index (κ2) is 9.70. The van der Waals surface area contributed by atoms with Crippen LogP contribution in [0.15, 0.2) is 77.7 Å². The van der Waals surface area contributed by atoms with Gasteiger partial charge in [0.2, 0.25) is 5.43 Å². The molecule has 0 fully saturated rings. The Balaban J connectivity index is 1.41. The summed E-state index contributed by atoms with van der Waals surface area (Å²) < 4.78 is 14.6. The number of hydrogen-bond acceptors (Lipinski definition) is 3. The van der Waals surface area contributed by atoms with Crippen molar-refractivity contribution in [3.63, 3.8) is 0 Å². The lowest BCUT2D eigenvalue weighted by molar-refractivity contribution is 0.0695. The number of aromatic nitrogens is 1. The maximum Gasteiger partial charge on any atom is 0.341 e. The van der Waals surface area contributed by atoms with E-state index in [0.717, 1.165) is 11.1 Å². The van der Waals surface area contributed by atoms with Crippen LogP contribution in [-0.4, -0.2) is 28.0 Å². The highest BCUT2D eigenvalue weighted by Gasteiger charge is 2.15. The first kappa shape index (κ1) is 22.9. The third kappa shape index (κ3) is 4.88. The lowest BCUT2D eigenvalue weighted by Crippen LogP contribution is -2.33. The number of aromatic amines is 1. The van der Waals surface area contributed by atoms with Gasteiger partial charge in [0.15, 0.2) is 0 Å². The molecule has 4 rings (SSSR count). The van der Waals surface area contributed by atoms with Gasteiger partial charge in [-0.3, -0.25) is 9.59 Å². The predicted molar refractivity (Wildman–Crippen MR) is 129 cm³/mol. The van der Waals surface area contributed by atoms with Gasteiger partial charge in [-0.1, -0.05) is 42.5 Å². The average molecular weight is 458 g/mol. The minimum atomic E-state index is -1.28. The maximum atomic E-state index is 14.6. The van der Waals surface area contributed by atoms with E-state index in [1.807, 2.05) is 43.3 Å². The molecule has 34 heavy (non-hydrogen) atoms. The molecule has 0 saturated carbocycles. The Morgan fingerprint density at radius 3 is 2.53 bits per heavy atom. The largest absolute Gasteiger partial charge is 0.477 e. The third-order valence-electron chi connectivity index (χ3n) is 5.74. The number of carboxylic acids is 1. The number of aryl methyl sites for hydroxylation is 1. The fraction of sp³-hybridized carbons (Fsp3) is 0.148. The molecule has 1 heterocycles. The molecule has 7 heteroatoms. The average Bonchev–Trinajstić information content (AvgIpc) is 2.83. The first-order chi connectivity index (χ1) is 16.3. The number of nitrogens with one attached hydrogen (secondary N) is 2. The van der Waals surface area contributed by atoms with Crippen LogP contribution < -0.4 is 10.7 Å². The number of pyridine rings is 1. The molecular formula is C27H23FN2O4. The molecule has 0 bridgehead atoms. The Kier molecular flexibility index (Phi) is 6.54. The molecule has 0 unspecified atom stereocenters. The van der Waals surface area contributed by atoms with Gasteiger partial charge < -0.3 is 15.4 Å². The van der Waals surface area contributed by atoms with Crippen LogP contribution >= 0.6 is 0 Å². The Labute approximate surface area is 195 Å². The van der Waals surface area contributed by atoms with Gasteiger partial charge in [0.05, 0.1) is 0 Å². The summed E-state index contributed by atoms with van der Waals surface area (Å²) in [5, 5.41) is 12.3.